The van der Waals surface area contributed by atoms with Gasteiger partial charge in [-0.15, -0.1) is 0 Å². The van der Waals surface area contributed by atoms with Crippen molar-refractivity contribution in [2.24, 2.45) is 46.3 Å². The Kier molecular flexibility index (Phi) is 5.28. The molecule has 28 heavy (non-hydrogen) atoms. The number of hydrogen-bond donors (Lipinski definition) is 0. The molecule has 0 aromatic rings. The quantitative estimate of drug-likeness (QED) is 0.335. The molecule has 4 aliphatic carbocycles. The van der Waals surface area contributed by atoms with E-state index in [2.05, 4.69) is 61.5 Å². The maximum absolute atomic E-state index is 7.10. The van der Waals surface area contributed by atoms with Gasteiger partial charge in [-0.3, -0.25) is 0 Å². The summed E-state index contributed by atoms with van der Waals surface area (Å²) in [5, 5.41) is 0. The summed E-state index contributed by atoms with van der Waals surface area (Å²) < 4.78 is 7.10. The van der Waals surface area contributed by atoms with Crippen LogP contribution in [0.4, 0.5) is 0 Å². The molecule has 0 aliphatic heterocycles. The van der Waals surface area contributed by atoms with Crippen molar-refractivity contribution in [2.75, 3.05) is 0 Å². The summed E-state index contributed by atoms with van der Waals surface area (Å²) in [6, 6.07) is 0. The van der Waals surface area contributed by atoms with E-state index >= 15 is 0 Å². The fourth-order valence-corrected chi connectivity index (χ4v) is 8.33. The first-order chi connectivity index (χ1) is 13.2. The van der Waals surface area contributed by atoms with E-state index in [-0.39, 0.29) is 0 Å². The lowest BCUT2D eigenvalue weighted by molar-refractivity contribution is 0.269. The van der Waals surface area contributed by atoms with Crippen molar-refractivity contribution in [1.82, 2.24) is 0 Å². The second-order valence-electron chi connectivity index (χ2n) is 12.2. The van der Waals surface area contributed by atoms with Gasteiger partial charge < -0.3 is 4.65 Å². The van der Waals surface area contributed by atoms with Crippen LogP contribution in [0.15, 0.2) is 11.8 Å². The third-order valence-electron chi connectivity index (χ3n) is 10.1. The van der Waals surface area contributed by atoms with Gasteiger partial charge in [-0.05, 0) is 89.7 Å². The average Bonchev–Trinajstić information content (AvgIpc) is 3.41. The normalized spacial score (nSPS) is 45.6. The lowest BCUT2D eigenvalue weighted by Crippen LogP contribution is -2.41. The van der Waals surface area contributed by atoms with Crippen LogP contribution in [0.25, 0.3) is 0 Å². The van der Waals surface area contributed by atoms with E-state index < -0.39 is 0 Å². The molecule has 4 rings (SSSR count). The largest absolute Gasteiger partial charge is 0.563 e. The summed E-state index contributed by atoms with van der Waals surface area (Å²) in [6.45, 7) is 20.2. The van der Waals surface area contributed by atoms with E-state index in [0.29, 0.717) is 17.7 Å². The monoisotopic (exact) mass is 384 g/mol. The molecule has 158 valence electrons. The first-order valence-corrected chi connectivity index (χ1v) is 12.5. The summed E-state index contributed by atoms with van der Waals surface area (Å²) in [7, 11) is 0. The minimum absolute atomic E-state index is 0.437. The second-order valence-corrected chi connectivity index (χ2v) is 12.2. The number of hydrogen-bond acceptors (Lipinski definition) is 1. The van der Waals surface area contributed by atoms with Crippen molar-refractivity contribution >= 4 is 6.92 Å². The zero-order valence-corrected chi connectivity index (χ0v) is 19.9. The van der Waals surface area contributed by atoms with Crippen molar-refractivity contribution in [2.45, 2.75) is 106 Å². The van der Waals surface area contributed by atoms with E-state index in [1.807, 2.05) is 0 Å². The van der Waals surface area contributed by atoms with Crippen LogP contribution in [0.3, 0.4) is 0 Å². The van der Waals surface area contributed by atoms with E-state index in [0.717, 1.165) is 60.0 Å². The Morgan fingerprint density at radius 2 is 1.32 bits per heavy atom. The molecular weight excluding hydrogens is 339 g/mol. The molecule has 4 fully saturated rings. The average molecular weight is 384 g/mol. The molecule has 0 bridgehead atoms. The summed E-state index contributed by atoms with van der Waals surface area (Å²) in [4.78, 5) is 0. The minimum Gasteiger partial charge on any atom is -0.563 e. The summed E-state index contributed by atoms with van der Waals surface area (Å²) in [6.07, 6.45) is 10.2. The molecule has 2 heteroatoms. The molecular formula is C26H45BO. The van der Waals surface area contributed by atoms with Gasteiger partial charge in [0, 0.05) is 0 Å². The SMILES string of the molecule is CC/C=C(/CC)OB([C@H]1[C@H]2[C@@H](CC[C@@H]1C)C2(C)C)[C@H]1[C@H]2[C@@H](CC[C@@H]1C)C2(C)C. The molecule has 0 spiro atoms. The van der Waals surface area contributed by atoms with E-state index in [1.54, 1.807) is 0 Å². The molecule has 0 heterocycles. The molecule has 0 aromatic heterocycles. The van der Waals surface area contributed by atoms with Crippen LogP contribution in [0.2, 0.25) is 11.6 Å². The third kappa shape index (κ3) is 3.11. The fourth-order valence-electron chi connectivity index (χ4n) is 8.33. The van der Waals surface area contributed by atoms with Crippen LogP contribution in [0, 0.1) is 46.3 Å². The Morgan fingerprint density at radius 1 is 0.857 bits per heavy atom. The van der Waals surface area contributed by atoms with E-state index in [4.69, 9.17) is 4.65 Å². The maximum Gasteiger partial charge on any atom is 0.364 e. The topological polar surface area (TPSA) is 9.23 Å². The first-order valence-electron chi connectivity index (χ1n) is 12.5. The zero-order chi connectivity index (χ0) is 20.4. The minimum atomic E-state index is 0.437. The standard InChI is InChI=1S/C26H45BO/c1-9-11-18(10-2)28-27(23-16(3)12-14-19-21(23)25(19,5)6)24-17(4)13-15-20-22(24)26(20,7)8/h11,16-17,19-24H,9-10,12-15H2,1-8H3/b18-11-/t16-,17-,19+,20+,21+,22+,23+,24+/m0/s1. The Hall–Kier alpha value is -0.395. The van der Waals surface area contributed by atoms with Gasteiger partial charge in [0.25, 0.3) is 0 Å². The lowest BCUT2D eigenvalue weighted by atomic mass is 9.37. The smallest absolute Gasteiger partial charge is 0.364 e. The Morgan fingerprint density at radius 3 is 1.71 bits per heavy atom. The Bertz CT molecular complexity index is 578. The van der Waals surface area contributed by atoms with Gasteiger partial charge in [0.2, 0.25) is 0 Å². The van der Waals surface area contributed by atoms with Crippen LogP contribution in [0.1, 0.15) is 93.9 Å². The third-order valence-corrected chi connectivity index (χ3v) is 10.1. The summed E-state index contributed by atoms with van der Waals surface area (Å²) in [5.41, 5.74) is 1.07. The van der Waals surface area contributed by atoms with Gasteiger partial charge >= 0.3 is 6.92 Å². The van der Waals surface area contributed by atoms with Crippen molar-refractivity contribution < 1.29 is 4.65 Å². The first kappa shape index (κ1) is 20.9. The highest BCUT2D eigenvalue weighted by Crippen LogP contribution is 2.75. The van der Waals surface area contributed by atoms with Crippen LogP contribution in [-0.4, -0.2) is 6.92 Å². The number of fused-ring (bicyclic) bond motifs is 2. The predicted octanol–water partition coefficient (Wildman–Crippen LogP) is 7.84. The molecule has 4 saturated carbocycles. The van der Waals surface area contributed by atoms with Gasteiger partial charge in [-0.1, -0.05) is 68.2 Å². The number of allylic oxidation sites excluding steroid dienone is 2. The molecule has 0 radical (unpaired) electrons. The molecule has 0 saturated heterocycles. The van der Waals surface area contributed by atoms with Crippen LogP contribution in [-0.2, 0) is 4.65 Å². The second kappa shape index (κ2) is 7.09. The zero-order valence-electron chi connectivity index (χ0n) is 19.9. The van der Waals surface area contributed by atoms with Gasteiger partial charge in [0.05, 0.1) is 5.76 Å². The molecule has 0 unspecified atom stereocenters. The van der Waals surface area contributed by atoms with Gasteiger partial charge in [-0.2, -0.15) is 0 Å². The lowest BCUT2D eigenvalue weighted by Gasteiger charge is -2.41. The van der Waals surface area contributed by atoms with E-state index in [9.17, 15) is 0 Å². The van der Waals surface area contributed by atoms with Gasteiger partial charge in [-0.25, -0.2) is 0 Å². The summed E-state index contributed by atoms with van der Waals surface area (Å²) >= 11 is 0. The molecule has 8 atom stereocenters. The van der Waals surface area contributed by atoms with Crippen molar-refractivity contribution in [3.8, 4) is 0 Å². The Labute approximate surface area is 175 Å². The highest BCUT2D eigenvalue weighted by molar-refractivity contribution is 6.56. The molecule has 0 aromatic carbocycles. The van der Waals surface area contributed by atoms with Crippen LogP contribution < -0.4 is 0 Å². The molecule has 0 amide bonds. The van der Waals surface area contributed by atoms with Crippen molar-refractivity contribution in [3.05, 3.63) is 11.8 Å². The Balaban J connectivity index is 1.69. The van der Waals surface area contributed by atoms with Crippen LogP contribution in [0.5, 0.6) is 0 Å². The molecule has 4 aliphatic rings. The van der Waals surface area contributed by atoms with Gasteiger partial charge in [0.1, 0.15) is 0 Å². The van der Waals surface area contributed by atoms with E-state index in [1.165, 1.54) is 31.4 Å². The van der Waals surface area contributed by atoms with Crippen LogP contribution >= 0.6 is 0 Å². The highest BCUT2D eigenvalue weighted by Gasteiger charge is 2.71. The molecule has 0 N–H and O–H groups in total. The van der Waals surface area contributed by atoms with Crippen molar-refractivity contribution in [3.63, 3.8) is 0 Å². The molecule has 1 nitrogen and oxygen atoms in total. The predicted molar refractivity (Wildman–Crippen MR) is 121 cm³/mol. The van der Waals surface area contributed by atoms with Crippen molar-refractivity contribution in [1.29, 1.82) is 0 Å². The summed E-state index contributed by atoms with van der Waals surface area (Å²) in [5.74, 6) is 8.05. The maximum atomic E-state index is 7.10. The number of rotatable bonds is 6. The van der Waals surface area contributed by atoms with Gasteiger partial charge in [0.15, 0.2) is 0 Å². The highest BCUT2D eigenvalue weighted by atomic mass is 16.4. The fraction of sp³-hybridized carbons (Fsp3) is 0.923.